The lowest BCUT2D eigenvalue weighted by atomic mass is 10.1. The molecule has 0 saturated heterocycles. The van der Waals surface area contributed by atoms with Crippen molar-refractivity contribution in [3.63, 3.8) is 0 Å². The molecule has 0 bridgehead atoms. The largest absolute Gasteiger partial charge is 0.454 e. The number of hydrogen-bond donors (Lipinski definition) is 1. The van der Waals surface area contributed by atoms with Gasteiger partial charge in [0.1, 0.15) is 5.82 Å². The van der Waals surface area contributed by atoms with Gasteiger partial charge in [-0.1, -0.05) is 66.4 Å². The van der Waals surface area contributed by atoms with Crippen LogP contribution in [0, 0.1) is 0 Å². The molecule has 1 aliphatic heterocycles. The summed E-state index contributed by atoms with van der Waals surface area (Å²) < 4.78 is 12.7. The van der Waals surface area contributed by atoms with E-state index in [1.54, 1.807) is 0 Å². The van der Waals surface area contributed by atoms with Crippen molar-refractivity contribution >= 4 is 17.7 Å². The smallest absolute Gasteiger partial charge is 0.231 e. The van der Waals surface area contributed by atoms with E-state index in [-0.39, 0.29) is 18.5 Å². The molecule has 33 heavy (non-hydrogen) atoms. The fourth-order valence-corrected chi connectivity index (χ4v) is 4.36. The maximum absolute atomic E-state index is 12.5. The topological polar surface area (TPSA) is 78.3 Å². The molecule has 0 fully saturated rings. The molecule has 7 nitrogen and oxygen atoms in total. The van der Waals surface area contributed by atoms with Crippen LogP contribution in [-0.2, 0) is 17.8 Å². The minimum absolute atomic E-state index is 0.0788. The number of fused-ring (bicyclic) bond motifs is 1. The molecule has 0 saturated carbocycles. The summed E-state index contributed by atoms with van der Waals surface area (Å²) in [5, 5.41) is 12.4. The number of carbonyl (C=O) groups excluding carboxylic acids is 1. The highest BCUT2D eigenvalue weighted by molar-refractivity contribution is 7.99. The van der Waals surface area contributed by atoms with Gasteiger partial charge in [-0.05, 0) is 35.4 Å². The van der Waals surface area contributed by atoms with Crippen molar-refractivity contribution in [2.24, 2.45) is 0 Å². The second-order valence-electron chi connectivity index (χ2n) is 7.49. The van der Waals surface area contributed by atoms with Crippen LogP contribution in [-0.4, -0.2) is 33.2 Å². The molecule has 3 aromatic carbocycles. The Morgan fingerprint density at radius 1 is 0.909 bits per heavy atom. The Morgan fingerprint density at radius 3 is 2.48 bits per heavy atom. The van der Waals surface area contributed by atoms with Gasteiger partial charge in [-0.2, -0.15) is 0 Å². The zero-order valence-corrected chi connectivity index (χ0v) is 18.6. The van der Waals surface area contributed by atoms with E-state index in [0.29, 0.717) is 23.9 Å². The third-order valence-electron chi connectivity index (χ3n) is 5.18. The van der Waals surface area contributed by atoms with E-state index >= 15 is 0 Å². The van der Waals surface area contributed by atoms with Crippen molar-refractivity contribution in [3.05, 3.63) is 95.8 Å². The van der Waals surface area contributed by atoms with Crippen molar-refractivity contribution in [1.82, 2.24) is 20.1 Å². The Balaban J connectivity index is 1.26. The molecule has 0 spiro atoms. The molecular formula is C25H22N4O3S. The number of nitrogens with zero attached hydrogens (tertiary/aromatic N) is 3. The number of nitrogens with one attached hydrogen (secondary N) is 1. The summed E-state index contributed by atoms with van der Waals surface area (Å²) in [5.74, 6) is 2.42. The molecule has 8 heteroatoms. The SMILES string of the molecule is O=C(CSc1nnc(Cc2ccccc2)n1-c1ccccc1)NCc1ccc2c(c1)OCO2. The quantitative estimate of drug-likeness (QED) is 0.402. The summed E-state index contributed by atoms with van der Waals surface area (Å²) >= 11 is 1.37. The minimum atomic E-state index is -0.0788. The zero-order valence-electron chi connectivity index (χ0n) is 17.8. The van der Waals surface area contributed by atoms with Gasteiger partial charge in [-0.15, -0.1) is 10.2 Å². The lowest BCUT2D eigenvalue weighted by molar-refractivity contribution is -0.118. The number of amides is 1. The number of ether oxygens (including phenoxy) is 2. The number of rotatable bonds is 8. The van der Waals surface area contributed by atoms with E-state index in [1.165, 1.54) is 11.8 Å². The van der Waals surface area contributed by atoms with Gasteiger partial charge in [-0.25, -0.2) is 0 Å². The highest BCUT2D eigenvalue weighted by Crippen LogP contribution is 2.32. The molecule has 1 aromatic heterocycles. The lowest BCUT2D eigenvalue weighted by Crippen LogP contribution is -2.24. The fourth-order valence-electron chi connectivity index (χ4n) is 3.56. The molecule has 0 radical (unpaired) electrons. The Kier molecular flexibility index (Phi) is 6.25. The molecule has 1 N–H and O–H groups in total. The van der Waals surface area contributed by atoms with Gasteiger partial charge in [0.2, 0.25) is 12.7 Å². The van der Waals surface area contributed by atoms with Crippen molar-refractivity contribution in [2.45, 2.75) is 18.1 Å². The molecule has 4 aromatic rings. The van der Waals surface area contributed by atoms with Crippen LogP contribution < -0.4 is 14.8 Å². The average Bonchev–Trinajstić information content (AvgIpc) is 3.49. The van der Waals surface area contributed by atoms with E-state index in [4.69, 9.17) is 9.47 Å². The van der Waals surface area contributed by atoms with Gasteiger partial charge in [0.25, 0.3) is 0 Å². The Bertz CT molecular complexity index is 1250. The number of hydrogen-bond acceptors (Lipinski definition) is 6. The van der Waals surface area contributed by atoms with Gasteiger partial charge in [0, 0.05) is 18.7 Å². The maximum Gasteiger partial charge on any atom is 0.231 e. The van der Waals surface area contributed by atoms with Crippen molar-refractivity contribution in [1.29, 1.82) is 0 Å². The molecule has 0 unspecified atom stereocenters. The third kappa shape index (κ3) is 5.01. The first-order valence-electron chi connectivity index (χ1n) is 10.6. The van der Waals surface area contributed by atoms with Crippen LogP contribution in [0.3, 0.4) is 0 Å². The average molecular weight is 459 g/mol. The fraction of sp³-hybridized carbons (Fsp3) is 0.160. The van der Waals surface area contributed by atoms with E-state index in [9.17, 15) is 4.79 Å². The molecule has 0 aliphatic carbocycles. The molecule has 0 atom stereocenters. The minimum Gasteiger partial charge on any atom is -0.454 e. The van der Waals surface area contributed by atoms with Crippen LogP contribution >= 0.6 is 11.8 Å². The van der Waals surface area contributed by atoms with E-state index in [2.05, 4.69) is 27.6 Å². The van der Waals surface area contributed by atoms with E-state index in [0.717, 1.165) is 28.4 Å². The predicted octanol–water partition coefficient (Wildman–Crippen LogP) is 4.00. The van der Waals surface area contributed by atoms with Crippen LogP contribution in [0.4, 0.5) is 0 Å². The summed E-state index contributed by atoms with van der Waals surface area (Å²) in [6.07, 6.45) is 0.652. The van der Waals surface area contributed by atoms with Crippen LogP contribution in [0.5, 0.6) is 11.5 Å². The Morgan fingerprint density at radius 2 is 1.67 bits per heavy atom. The van der Waals surface area contributed by atoms with Crippen molar-refractivity contribution in [3.8, 4) is 17.2 Å². The zero-order chi connectivity index (χ0) is 22.5. The van der Waals surface area contributed by atoms with Crippen LogP contribution in [0.1, 0.15) is 17.0 Å². The van der Waals surface area contributed by atoms with Gasteiger partial charge >= 0.3 is 0 Å². The Labute approximate surface area is 195 Å². The first-order valence-corrected chi connectivity index (χ1v) is 11.6. The molecule has 2 heterocycles. The van der Waals surface area contributed by atoms with E-state index in [1.807, 2.05) is 71.3 Å². The summed E-state index contributed by atoms with van der Waals surface area (Å²) in [6.45, 7) is 0.650. The summed E-state index contributed by atoms with van der Waals surface area (Å²) in [4.78, 5) is 12.5. The monoisotopic (exact) mass is 458 g/mol. The standard InChI is InChI=1S/C25H22N4O3S/c30-24(26-15-19-11-12-21-22(13-19)32-17-31-21)16-33-25-28-27-23(14-18-7-3-1-4-8-18)29(25)20-9-5-2-6-10-20/h1-13H,14-17H2,(H,26,30). The second kappa shape index (κ2) is 9.79. The predicted molar refractivity (Wildman–Crippen MR) is 126 cm³/mol. The van der Waals surface area contributed by atoms with Crippen molar-refractivity contribution in [2.75, 3.05) is 12.5 Å². The normalized spacial score (nSPS) is 12.0. The van der Waals surface area contributed by atoms with Gasteiger partial charge in [0.15, 0.2) is 16.7 Å². The van der Waals surface area contributed by atoms with Crippen LogP contribution in [0.25, 0.3) is 5.69 Å². The Hall–Kier alpha value is -3.78. The van der Waals surface area contributed by atoms with Gasteiger partial charge in [-0.3, -0.25) is 9.36 Å². The number of carbonyl (C=O) groups is 1. The first-order chi connectivity index (χ1) is 16.3. The molecular weight excluding hydrogens is 436 g/mol. The second-order valence-corrected chi connectivity index (χ2v) is 8.43. The summed E-state index contributed by atoms with van der Waals surface area (Å²) in [6, 6.07) is 25.8. The molecule has 1 amide bonds. The van der Waals surface area contributed by atoms with Crippen LogP contribution in [0.2, 0.25) is 0 Å². The highest BCUT2D eigenvalue weighted by atomic mass is 32.2. The number of thioether (sulfide) groups is 1. The number of benzene rings is 3. The molecule has 5 rings (SSSR count). The van der Waals surface area contributed by atoms with E-state index < -0.39 is 0 Å². The molecule has 1 aliphatic rings. The molecule has 166 valence electrons. The lowest BCUT2D eigenvalue weighted by Gasteiger charge is -2.10. The summed E-state index contributed by atoms with van der Waals surface area (Å²) in [7, 11) is 0. The third-order valence-corrected chi connectivity index (χ3v) is 6.11. The first kappa shape index (κ1) is 21.1. The summed E-state index contributed by atoms with van der Waals surface area (Å²) in [5.41, 5.74) is 3.08. The number of aromatic nitrogens is 3. The number of para-hydroxylation sites is 1. The van der Waals surface area contributed by atoms with Gasteiger partial charge in [0.05, 0.1) is 5.75 Å². The highest BCUT2D eigenvalue weighted by Gasteiger charge is 2.17. The van der Waals surface area contributed by atoms with Crippen molar-refractivity contribution < 1.29 is 14.3 Å². The van der Waals surface area contributed by atoms with Gasteiger partial charge < -0.3 is 14.8 Å². The maximum atomic E-state index is 12.5. The van der Waals surface area contributed by atoms with Crippen LogP contribution in [0.15, 0.2) is 84.0 Å².